The fourth-order valence-electron chi connectivity index (χ4n) is 1.64. The second kappa shape index (κ2) is 7.67. The molecule has 0 saturated heterocycles. The first kappa shape index (κ1) is 16.9. The summed E-state index contributed by atoms with van der Waals surface area (Å²) < 4.78 is 5.58. The van der Waals surface area contributed by atoms with E-state index in [9.17, 15) is 9.59 Å². The lowest BCUT2D eigenvalue weighted by Gasteiger charge is -2.07. The standard InChI is InChI=1S/C14H11BrCl2N2O3/c15-12-4-3-11(22-12)14(21)19-6-5-18-13(20)9-7-8(16)1-2-10(9)17/h1-4,7H,5-6H2,(H,18,20)(H,19,21). The molecule has 5 nitrogen and oxygen atoms in total. The minimum atomic E-state index is -0.360. The average Bonchev–Trinajstić information content (AvgIpc) is 2.92. The largest absolute Gasteiger partial charge is 0.444 e. The summed E-state index contributed by atoms with van der Waals surface area (Å²) >= 11 is 14.9. The van der Waals surface area contributed by atoms with Crippen LogP contribution in [0, 0.1) is 0 Å². The summed E-state index contributed by atoms with van der Waals surface area (Å²) in [5, 5.41) is 5.99. The normalized spacial score (nSPS) is 10.3. The molecule has 2 N–H and O–H groups in total. The highest BCUT2D eigenvalue weighted by Gasteiger charge is 2.12. The summed E-state index contributed by atoms with van der Waals surface area (Å²) in [6.45, 7) is 0.496. The molecule has 116 valence electrons. The predicted molar refractivity (Wildman–Crippen MR) is 87.5 cm³/mol. The molecule has 0 aliphatic heterocycles. The average molecular weight is 406 g/mol. The lowest BCUT2D eigenvalue weighted by atomic mass is 10.2. The van der Waals surface area contributed by atoms with Crippen LogP contribution in [0.15, 0.2) is 39.4 Å². The molecule has 2 amide bonds. The number of amides is 2. The third kappa shape index (κ3) is 4.50. The lowest BCUT2D eigenvalue weighted by Crippen LogP contribution is -2.34. The van der Waals surface area contributed by atoms with Gasteiger partial charge in [0.1, 0.15) is 0 Å². The second-order valence-electron chi connectivity index (χ2n) is 4.24. The third-order valence-electron chi connectivity index (χ3n) is 2.67. The van der Waals surface area contributed by atoms with Gasteiger partial charge in [0.05, 0.1) is 10.6 Å². The van der Waals surface area contributed by atoms with Crippen LogP contribution in [0.2, 0.25) is 10.0 Å². The number of carbonyl (C=O) groups excluding carboxylic acids is 2. The first-order chi connectivity index (χ1) is 10.5. The Hall–Kier alpha value is -1.50. The molecule has 0 saturated carbocycles. The van der Waals surface area contributed by atoms with E-state index in [0.717, 1.165) is 0 Å². The number of carbonyl (C=O) groups is 2. The van der Waals surface area contributed by atoms with Crippen molar-refractivity contribution < 1.29 is 14.0 Å². The van der Waals surface area contributed by atoms with E-state index in [2.05, 4.69) is 26.6 Å². The monoisotopic (exact) mass is 404 g/mol. The van der Waals surface area contributed by atoms with Crippen LogP contribution < -0.4 is 10.6 Å². The summed E-state index contributed by atoms with van der Waals surface area (Å²) in [5.41, 5.74) is 0.287. The maximum absolute atomic E-state index is 11.9. The van der Waals surface area contributed by atoms with Crippen molar-refractivity contribution in [2.45, 2.75) is 0 Å². The van der Waals surface area contributed by atoms with Crippen molar-refractivity contribution in [2.24, 2.45) is 0 Å². The predicted octanol–water partition coefficient (Wildman–Crippen LogP) is 3.51. The molecule has 0 unspecified atom stereocenters. The zero-order valence-electron chi connectivity index (χ0n) is 11.2. The molecule has 0 bridgehead atoms. The molecule has 0 radical (unpaired) electrons. The van der Waals surface area contributed by atoms with Gasteiger partial charge >= 0.3 is 0 Å². The number of halogens is 3. The Bertz CT molecular complexity index is 703. The molecule has 1 aromatic heterocycles. The van der Waals surface area contributed by atoms with Crippen molar-refractivity contribution in [3.8, 4) is 0 Å². The van der Waals surface area contributed by atoms with Crippen LogP contribution in [0.3, 0.4) is 0 Å². The van der Waals surface area contributed by atoms with Crippen LogP contribution in [0.25, 0.3) is 0 Å². The molecule has 0 aliphatic rings. The van der Waals surface area contributed by atoms with Crippen LogP contribution in [0.4, 0.5) is 0 Å². The molecule has 1 aromatic carbocycles. The van der Waals surface area contributed by atoms with Crippen molar-refractivity contribution in [3.63, 3.8) is 0 Å². The second-order valence-corrected chi connectivity index (χ2v) is 5.86. The number of benzene rings is 1. The van der Waals surface area contributed by atoms with Crippen LogP contribution >= 0.6 is 39.1 Å². The van der Waals surface area contributed by atoms with Crippen molar-refractivity contribution in [1.29, 1.82) is 0 Å². The summed E-state index contributed by atoms with van der Waals surface area (Å²) in [5.74, 6) is -0.528. The minimum absolute atomic E-state index is 0.191. The zero-order valence-corrected chi connectivity index (χ0v) is 14.3. The maximum atomic E-state index is 11.9. The van der Waals surface area contributed by atoms with Crippen molar-refractivity contribution in [1.82, 2.24) is 10.6 Å². The topological polar surface area (TPSA) is 71.3 Å². The van der Waals surface area contributed by atoms with Crippen molar-refractivity contribution >= 4 is 50.9 Å². The number of hydrogen-bond acceptors (Lipinski definition) is 3. The molecule has 8 heteroatoms. The van der Waals surface area contributed by atoms with E-state index < -0.39 is 0 Å². The Balaban J connectivity index is 1.80. The van der Waals surface area contributed by atoms with Crippen molar-refractivity contribution in [2.75, 3.05) is 13.1 Å². The Morgan fingerprint density at radius 1 is 1.05 bits per heavy atom. The highest BCUT2D eigenvalue weighted by molar-refractivity contribution is 9.10. The molecule has 1 heterocycles. The highest BCUT2D eigenvalue weighted by Crippen LogP contribution is 2.20. The smallest absolute Gasteiger partial charge is 0.287 e. The van der Waals surface area contributed by atoms with E-state index in [-0.39, 0.29) is 36.2 Å². The molecule has 0 aliphatic carbocycles. The Kier molecular flexibility index (Phi) is 5.88. The summed E-state index contributed by atoms with van der Waals surface area (Å²) in [6, 6.07) is 7.80. The quantitative estimate of drug-likeness (QED) is 0.747. The molecular formula is C14H11BrCl2N2O3. The van der Waals surface area contributed by atoms with Gasteiger partial charge in [-0.2, -0.15) is 0 Å². The van der Waals surface area contributed by atoms with Gasteiger partial charge in [-0.15, -0.1) is 0 Å². The van der Waals surface area contributed by atoms with Gasteiger partial charge in [-0.25, -0.2) is 0 Å². The minimum Gasteiger partial charge on any atom is -0.444 e. The first-order valence-corrected chi connectivity index (χ1v) is 7.79. The zero-order chi connectivity index (χ0) is 16.1. The van der Waals surface area contributed by atoms with Crippen LogP contribution in [0.5, 0.6) is 0 Å². The maximum Gasteiger partial charge on any atom is 0.287 e. The molecule has 2 rings (SSSR count). The molecule has 0 spiro atoms. The van der Waals surface area contributed by atoms with Gasteiger partial charge in [0, 0.05) is 18.1 Å². The Morgan fingerprint density at radius 2 is 1.73 bits per heavy atom. The number of furan rings is 1. The van der Waals surface area contributed by atoms with Gasteiger partial charge in [-0.05, 0) is 46.3 Å². The van der Waals surface area contributed by atoms with Gasteiger partial charge in [-0.1, -0.05) is 23.2 Å². The van der Waals surface area contributed by atoms with E-state index in [1.165, 1.54) is 6.07 Å². The highest BCUT2D eigenvalue weighted by atomic mass is 79.9. The number of nitrogens with one attached hydrogen (secondary N) is 2. The molecular weight excluding hydrogens is 395 g/mol. The Labute approximate surface area is 145 Å². The lowest BCUT2D eigenvalue weighted by molar-refractivity contribution is 0.0909. The molecule has 0 fully saturated rings. The van der Waals surface area contributed by atoms with Gasteiger partial charge in [0.2, 0.25) is 0 Å². The molecule has 2 aromatic rings. The van der Waals surface area contributed by atoms with E-state index in [4.69, 9.17) is 27.6 Å². The first-order valence-electron chi connectivity index (χ1n) is 6.24. The van der Waals surface area contributed by atoms with E-state index in [1.54, 1.807) is 24.3 Å². The van der Waals surface area contributed by atoms with E-state index in [0.29, 0.717) is 14.7 Å². The number of rotatable bonds is 5. The summed E-state index contributed by atoms with van der Waals surface area (Å²) in [7, 11) is 0. The van der Waals surface area contributed by atoms with Gasteiger partial charge in [-0.3, -0.25) is 9.59 Å². The summed E-state index contributed by atoms with van der Waals surface area (Å²) in [4.78, 5) is 23.6. The van der Waals surface area contributed by atoms with E-state index in [1.807, 2.05) is 0 Å². The number of hydrogen-bond donors (Lipinski definition) is 2. The fourth-order valence-corrected chi connectivity index (χ4v) is 2.32. The van der Waals surface area contributed by atoms with Gasteiger partial charge < -0.3 is 15.1 Å². The van der Waals surface area contributed by atoms with Crippen LogP contribution in [-0.4, -0.2) is 24.9 Å². The Morgan fingerprint density at radius 3 is 2.36 bits per heavy atom. The SMILES string of the molecule is O=C(NCCNC(=O)c1cc(Cl)ccc1Cl)c1ccc(Br)o1. The fraction of sp³-hybridized carbons (Fsp3) is 0.143. The van der Waals surface area contributed by atoms with E-state index >= 15 is 0 Å². The molecule has 0 atom stereocenters. The molecule has 22 heavy (non-hydrogen) atoms. The van der Waals surface area contributed by atoms with Gasteiger partial charge in [0.15, 0.2) is 10.4 Å². The third-order valence-corrected chi connectivity index (χ3v) is 3.66. The van der Waals surface area contributed by atoms with Crippen molar-refractivity contribution in [3.05, 3.63) is 56.4 Å². The van der Waals surface area contributed by atoms with Gasteiger partial charge in [0.25, 0.3) is 11.8 Å². The van der Waals surface area contributed by atoms with Crippen LogP contribution in [-0.2, 0) is 0 Å². The van der Waals surface area contributed by atoms with Crippen LogP contribution in [0.1, 0.15) is 20.9 Å². The summed E-state index contributed by atoms with van der Waals surface area (Å²) in [6.07, 6.45) is 0.